The molecule has 0 radical (unpaired) electrons. The second-order valence-electron chi connectivity index (χ2n) is 8.33. The van der Waals surface area contributed by atoms with E-state index in [9.17, 15) is 4.79 Å². The van der Waals surface area contributed by atoms with Crippen molar-refractivity contribution in [1.82, 2.24) is 30.1 Å². The lowest BCUT2D eigenvalue weighted by Gasteiger charge is -2.14. The quantitative estimate of drug-likeness (QED) is 0.303. The van der Waals surface area contributed by atoms with Crippen molar-refractivity contribution in [2.45, 2.75) is 6.54 Å². The zero-order valence-corrected chi connectivity index (χ0v) is 19.8. The van der Waals surface area contributed by atoms with Gasteiger partial charge in [-0.1, -0.05) is 53.7 Å². The Labute approximate surface area is 216 Å². The lowest BCUT2D eigenvalue weighted by atomic mass is 10.0. The van der Waals surface area contributed by atoms with E-state index in [0.717, 1.165) is 27.7 Å². The fourth-order valence-electron chi connectivity index (χ4n) is 4.09. The van der Waals surface area contributed by atoms with Crippen LogP contribution in [-0.2, 0) is 6.54 Å². The van der Waals surface area contributed by atoms with Gasteiger partial charge in [-0.2, -0.15) is 4.98 Å². The average molecular weight is 502 g/mol. The number of hydrogen-bond acceptors (Lipinski definition) is 9. The number of pyridine rings is 2. The van der Waals surface area contributed by atoms with Gasteiger partial charge >= 0.3 is 11.9 Å². The second kappa shape index (κ2) is 9.86. The Hall–Kier alpha value is -5.51. The van der Waals surface area contributed by atoms with Gasteiger partial charge in [-0.15, -0.1) is 0 Å². The molecular weight excluding hydrogens is 482 g/mol. The fourth-order valence-corrected chi connectivity index (χ4v) is 4.09. The molecule has 0 saturated heterocycles. The predicted molar refractivity (Wildman–Crippen MR) is 140 cm³/mol. The van der Waals surface area contributed by atoms with E-state index in [1.807, 2.05) is 54.6 Å². The van der Waals surface area contributed by atoms with Crippen molar-refractivity contribution in [3.63, 3.8) is 0 Å². The number of nitrogens with one attached hydrogen (secondary N) is 1. The average Bonchev–Trinajstić information content (AvgIpc) is 3.48. The first-order chi connectivity index (χ1) is 18.7. The molecule has 0 amide bonds. The maximum Gasteiger partial charge on any atom is 0.394 e. The molecule has 184 valence electrons. The lowest BCUT2D eigenvalue weighted by molar-refractivity contribution is 0.0643. The molecule has 2 aromatic carbocycles. The topological polar surface area (TPSA) is 140 Å². The molecule has 10 nitrogen and oxygen atoms in total. The molecule has 6 rings (SSSR count). The monoisotopic (exact) mass is 501 g/mol. The third kappa shape index (κ3) is 4.53. The molecule has 0 saturated carbocycles. The van der Waals surface area contributed by atoms with Gasteiger partial charge in [0.05, 0.1) is 23.1 Å². The summed E-state index contributed by atoms with van der Waals surface area (Å²) < 4.78 is 4.80. The summed E-state index contributed by atoms with van der Waals surface area (Å²) in [6.07, 6.45) is 4.90. The Morgan fingerprint density at radius 1 is 0.842 bits per heavy atom. The molecule has 0 atom stereocenters. The molecule has 6 aromatic rings. The van der Waals surface area contributed by atoms with Crippen LogP contribution in [0.4, 0.5) is 5.82 Å². The number of rotatable bonds is 7. The van der Waals surface area contributed by atoms with Crippen LogP contribution in [0.25, 0.3) is 44.8 Å². The van der Waals surface area contributed by atoms with Gasteiger partial charge in [-0.25, -0.2) is 14.8 Å². The van der Waals surface area contributed by atoms with Crippen LogP contribution < -0.4 is 5.32 Å². The van der Waals surface area contributed by atoms with Crippen LogP contribution in [0, 0.1) is 0 Å². The molecule has 10 heteroatoms. The van der Waals surface area contributed by atoms with Gasteiger partial charge in [0.15, 0.2) is 5.82 Å². The number of anilines is 1. The van der Waals surface area contributed by atoms with E-state index in [-0.39, 0.29) is 5.82 Å². The van der Waals surface area contributed by atoms with Crippen molar-refractivity contribution in [2.24, 2.45) is 0 Å². The maximum atomic E-state index is 11.1. The van der Waals surface area contributed by atoms with Gasteiger partial charge in [0.1, 0.15) is 5.82 Å². The molecule has 38 heavy (non-hydrogen) atoms. The minimum atomic E-state index is -1.30. The van der Waals surface area contributed by atoms with E-state index in [0.29, 0.717) is 29.3 Å². The summed E-state index contributed by atoms with van der Waals surface area (Å²) in [7, 11) is 0. The number of aromatic carboxylic acids is 1. The first-order valence-electron chi connectivity index (χ1n) is 11.7. The fraction of sp³-hybridized carbons (Fsp3) is 0.0357. The number of carboxylic acids is 1. The second-order valence-corrected chi connectivity index (χ2v) is 8.33. The van der Waals surface area contributed by atoms with Crippen LogP contribution in [0.15, 0.2) is 95.9 Å². The summed E-state index contributed by atoms with van der Waals surface area (Å²) in [5.41, 5.74) is 4.75. The Balaban J connectivity index is 1.47. The van der Waals surface area contributed by atoms with Crippen molar-refractivity contribution in [2.75, 3.05) is 5.32 Å². The van der Waals surface area contributed by atoms with Crippen molar-refractivity contribution >= 4 is 22.7 Å². The molecule has 4 heterocycles. The third-order valence-electron chi connectivity index (χ3n) is 5.83. The largest absolute Gasteiger partial charge is 0.474 e. The number of carbonyl (C=O) groups is 1. The normalized spacial score (nSPS) is 10.9. The van der Waals surface area contributed by atoms with E-state index >= 15 is 0 Å². The molecule has 0 bridgehead atoms. The van der Waals surface area contributed by atoms with E-state index in [1.165, 1.54) is 6.20 Å². The minimum Gasteiger partial charge on any atom is -0.474 e. The van der Waals surface area contributed by atoms with Gasteiger partial charge in [0, 0.05) is 29.7 Å². The Morgan fingerprint density at radius 3 is 2.42 bits per heavy atom. The van der Waals surface area contributed by atoms with E-state index in [4.69, 9.17) is 19.6 Å². The van der Waals surface area contributed by atoms with Gasteiger partial charge in [0.25, 0.3) is 0 Å². The minimum absolute atomic E-state index is 0.109. The number of carboxylic acid groups (broad SMARTS) is 1. The summed E-state index contributed by atoms with van der Waals surface area (Å²) in [4.78, 5) is 33.5. The highest BCUT2D eigenvalue weighted by Gasteiger charge is 2.18. The SMILES string of the molecule is O=C(O)c1nc(-c2cncc(-c3nc(NCc4ccccn4)c4c(-c5ccccc5)cccc4n3)c2)no1. The molecule has 0 aliphatic rings. The van der Waals surface area contributed by atoms with Crippen LogP contribution in [0.3, 0.4) is 0 Å². The van der Waals surface area contributed by atoms with Crippen LogP contribution in [-0.4, -0.2) is 41.2 Å². The molecule has 0 aliphatic heterocycles. The standard InChI is InChI=1S/C28H19N7O3/c36-28(37)27-34-25(35-38-27)19-13-18(14-29-15-19)24-32-22-11-6-10-21(17-7-2-1-3-8-17)23(22)26(33-24)31-16-20-9-4-5-12-30-20/h1-15H,16H2,(H,36,37)(H,31,32,33). The smallest absolute Gasteiger partial charge is 0.394 e. The Morgan fingerprint density at radius 2 is 1.66 bits per heavy atom. The Kier molecular flexibility index (Phi) is 5.95. The van der Waals surface area contributed by atoms with Gasteiger partial charge < -0.3 is 14.9 Å². The number of aromatic nitrogens is 6. The predicted octanol–water partition coefficient (Wildman–Crippen LogP) is 5.11. The summed E-state index contributed by atoms with van der Waals surface area (Å²) in [6, 6.07) is 23.5. The number of benzene rings is 2. The highest BCUT2D eigenvalue weighted by atomic mass is 16.5. The molecule has 0 aliphatic carbocycles. The lowest BCUT2D eigenvalue weighted by Crippen LogP contribution is -2.06. The van der Waals surface area contributed by atoms with Gasteiger partial charge in [-0.3, -0.25) is 9.97 Å². The molecular formula is C28H19N7O3. The van der Waals surface area contributed by atoms with Crippen molar-refractivity contribution in [3.05, 3.63) is 103 Å². The van der Waals surface area contributed by atoms with Crippen LogP contribution in [0.1, 0.15) is 16.4 Å². The van der Waals surface area contributed by atoms with Crippen molar-refractivity contribution in [1.29, 1.82) is 0 Å². The summed E-state index contributed by atoms with van der Waals surface area (Å²) in [5, 5.41) is 17.2. The van der Waals surface area contributed by atoms with Crippen LogP contribution >= 0.6 is 0 Å². The maximum absolute atomic E-state index is 11.1. The summed E-state index contributed by atoms with van der Waals surface area (Å²) in [5.74, 6) is -0.612. The number of fused-ring (bicyclic) bond motifs is 1. The van der Waals surface area contributed by atoms with Crippen molar-refractivity contribution < 1.29 is 14.4 Å². The zero-order valence-electron chi connectivity index (χ0n) is 19.8. The molecule has 4 aromatic heterocycles. The number of hydrogen-bond donors (Lipinski definition) is 2. The first-order valence-corrected chi connectivity index (χ1v) is 11.7. The number of nitrogens with zero attached hydrogens (tertiary/aromatic N) is 6. The molecule has 0 unspecified atom stereocenters. The molecule has 2 N–H and O–H groups in total. The third-order valence-corrected chi connectivity index (χ3v) is 5.83. The van der Waals surface area contributed by atoms with Crippen molar-refractivity contribution in [3.8, 4) is 33.9 Å². The summed E-state index contributed by atoms with van der Waals surface area (Å²) >= 11 is 0. The molecule has 0 fully saturated rings. The van der Waals surface area contributed by atoms with E-state index in [1.54, 1.807) is 18.5 Å². The van der Waals surface area contributed by atoms with Gasteiger partial charge in [0.2, 0.25) is 5.82 Å². The van der Waals surface area contributed by atoms with Crippen LogP contribution in [0.5, 0.6) is 0 Å². The molecule has 0 spiro atoms. The van der Waals surface area contributed by atoms with Crippen LogP contribution in [0.2, 0.25) is 0 Å². The highest BCUT2D eigenvalue weighted by Crippen LogP contribution is 2.34. The summed E-state index contributed by atoms with van der Waals surface area (Å²) in [6.45, 7) is 0.467. The van der Waals surface area contributed by atoms with Gasteiger partial charge in [-0.05, 0) is 35.4 Å². The first kappa shape index (κ1) is 22.9. The highest BCUT2D eigenvalue weighted by molar-refractivity contribution is 6.02. The zero-order chi connectivity index (χ0) is 25.9. The van der Waals surface area contributed by atoms with E-state index in [2.05, 4.69) is 37.6 Å². The Bertz CT molecular complexity index is 1760. The van der Waals surface area contributed by atoms with E-state index < -0.39 is 11.9 Å².